The van der Waals surface area contributed by atoms with Crippen molar-refractivity contribution in [3.8, 4) is 0 Å². The molecule has 19 heavy (non-hydrogen) atoms. The summed E-state index contributed by atoms with van der Waals surface area (Å²) in [6.45, 7) is 4.21. The van der Waals surface area contributed by atoms with Gasteiger partial charge in [-0.25, -0.2) is 0 Å². The van der Waals surface area contributed by atoms with Crippen molar-refractivity contribution in [2.75, 3.05) is 12.0 Å². The van der Waals surface area contributed by atoms with Crippen LogP contribution in [0, 0.1) is 13.8 Å². The lowest BCUT2D eigenvalue weighted by Crippen LogP contribution is -2.14. The fourth-order valence-corrected chi connectivity index (χ4v) is 4.27. The van der Waals surface area contributed by atoms with E-state index in [-0.39, 0.29) is 6.04 Å². The standard InChI is InChI=1S/C13H17N3S3/c1-8-4-5-10(9(2)6-8)11(14)7-18-13-16-15-12(17-3)19-13/h4-6,11H,7,14H2,1-3H3. The summed E-state index contributed by atoms with van der Waals surface area (Å²) in [5.74, 6) is 0.826. The molecule has 0 spiro atoms. The zero-order chi connectivity index (χ0) is 13.8. The van der Waals surface area contributed by atoms with Crippen LogP contribution in [0.25, 0.3) is 0 Å². The van der Waals surface area contributed by atoms with Gasteiger partial charge >= 0.3 is 0 Å². The van der Waals surface area contributed by atoms with E-state index in [1.54, 1.807) is 34.9 Å². The van der Waals surface area contributed by atoms with E-state index in [2.05, 4.69) is 42.2 Å². The predicted molar refractivity (Wildman–Crippen MR) is 85.3 cm³/mol. The predicted octanol–water partition coefficient (Wildman–Crippen LogP) is 3.67. The Labute approximate surface area is 126 Å². The van der Waals surface area contributed by atoms with Crippen LogP contribution in [0.2, 0.25) is 0 Å². The molecule has 1 unspecified atom stereocenters. The van der Waals surface area contributed by atoms with Gasteiger partial charge in [-0.15, -0.1) is 10.2 Å². The van der Waals surface area contributed by atoms with E-state index in [9.17, 15) is 0 Å². The van der Waals surface area contributed by atoms with Crippen LogP contribution in [0.4, 0.5) is 0 Å². The molecular formula is C13H17N3S3. The van der Waals surface area contributed by atoms with Crippen molar-refractivity contribution >= 4 is 34.9 Å². The van der Waals surface area contributed by atoms with Crippen LogP contribution in [0.1, 0.15) is 22.7 Å². The summed E-state index contributed by atoms with van der Waals surface area (Å²) >= 11 is 4.93. The molecule has 1 aromatic carbocycles. The van der Waals surface area contributed by atoms with Crippen LogP contribution in [-0.2, 0) is 0 Å². The lowest BCUT2D eigenvalue weighted by molar-refractivity contribution is 0.820. The zero-order valence-electron chi connectivity index (χ0n) is 11.2. The average molecular weight is 312 g/mol. The minimum atomic E-state index is 0.0345. The third-order valence-corrected chi connectivity index (χ3v) is 5.93. The van der Waals surface area contributed by atoms with E-state index in [0.29, 0.717) is 0 Å². The summed E-state index contributed by atoms with van der Waals surface area (Å²) in [5, 5.41) is 8.23. The Morgan fingerprint density at radius 3 is 2.63 bits per heavy atom. The van der Waals surface area contributed by atoms with Gasteiger partial charge in [0.2, 0.25) is 0 Å². The first-order chi connectivity index (χ1) is 9.10. The molecule has 2 N–H and O–H groups in total. The van der Waals surface area contributed by atoms with Gasteiger partial charge in [-0.2, -0.15) is 0 Å². The Bertz CT molecular complexity index is 554. The third kappa shape index (κ3) is 3.95. The Morgan fingerprint density at radius 2 is 2.00 bits per heavy atom. The number of aryl methyl sites for hydroxylation is 2. The number of nitrogens with two attached hydrogens (primary N) is 1. The van der Waals surface area contributed by atoms with Crippen LogP contribution in [0.15, 0.2) is 26.9 Å². The first kappa shape index (κ1) is 14.8. The highest BCUT2D eigenvalue weighted by atomic mass is 32.2. The summed E-state index contributed by atoms with van der Waals surface area (Å²) in [6.07, 6.45) is 2.01. The first-order valence-electron chi connectivity index (χ1n) is 5.93. The molecule has 0 saturated heterocycles. The van der Waals surface area contributed by atoms with Crippen molar-refractivity contribution in [3.05, 3.63) is 34.9 Å². The molecule has 1 atom stereocenters. The Kier molecular flexibility index (Phi) is 5.27. The molecule has 1 heterocycles. The second kappa shape index (κ2) is 6.74. The van der Waals surface area contributed by atoms with Gasteiger partial charge in [-0.3, -0.25) is 0 Å². The quantitative estimate of drug-likeness (QED) is 0.854. The van der Waals surface area contributed by atoms with Crippen molar-refractivity contribution in [1.82, 2.24) is 10.2 Å². The van der Waals surface area contributed by atoms with Gasteiger partial charge in [-0.05, 0) is 31.2 Å². The first-order valence-corrected chi connectivity index (χ1v) is 8.96. The minimum absolute atomic E-state index is 0.0345. The molecule has 0 amide bonds. The summed E-state index contributed by atoms with van der Waals surface area (Å²) in [4.78, 5) is 0. The van der Waals surface area contributed by atoms with Crippen molar-refractivity contribution in [1.29, 1.82) is 0 Å². The fourth-order valence-electron chi connectivity index (χ4n) is 1.83. The van der Waals surface area contributed by atoms with Crippen molar-refractivity contribution < 1.29 is 0 Å². The molecule has 0 bridgehead atoms. The summed E-state index contributed by atoms with van der Waals surface area (Å²) in [7, 11) is 0. The molecule has 2 aromatic rings. The van der Waals surface area contributed by atoms with E-state index in [1.807, 2.05) is 6.26 Å². The van der Waals surface area contributed by atoms with Crippen LogP contribution >= 0.6 is 34.9 Å². The summed E-state index contributed by atoms with van der Waals surface area (Å²) in [6, 6.07) is 6.45. The smallest absolute Gasteiger partial charge is 0.175 e. The van der Waals surface area contributed by atoms with Gasteiger partial charge in [0.05, 0.1) is 0 Å². The van der Waals surface area contributed by atoms with E-state index in [0.717, 1.165) is 14.4 Å². The SMILES string of the molecule is CSc1nnc(SCC(N)c2ccc(C)cc2C)s1. The molecule has 0 saturated carbocycles. The minimum Gasteiger partial charge on any atom is -0.323 e. The molecular weight excluding hydrogens is 294 g/mol. The van der Waals surface area contributed by atoms with E-state index >= 15 is 0 Å². The molecule has 0 radical (unpaired) electrons. The maximum absolute atomic E-state index is 6.26. The molecule has 2 rings (SSSR count). The second-order valence-corrected chi connectivity index (χ2v) is 7.61. The van der Waals surface area contributed by atoms with Crippen molar-refractivity contribution in [2.45, 2.75) is 28.6 Å². The van der Waals surface area contributed by atoms with Crippen LogP contribution in [-0.4, -0.2) is 22.2 Å². The lowest BCUT2D eigenvalue weighted by atomic mass is 10.0. The normalized spacial score (nSPS) is 12.6. The molecule has 3 nitrogen and oxygen atoms in total. The number of hydrogen-bond donors (Lipinski definition) is 1. The molecule has 1 aromatic heterocycles. The monoisotopic (exact) mass is 311 g/mol. The van der Waals surface area contributed by atoms with Crippen LogP contribution < -0.4 is 5.73 Å². The van der Waals surface area contributed by atoms with E-state index < -0.39 is 0 Å². The second-order valence-electron chi connectivity index (χ2n) is 4.32. The Balaban J connectivity index is 1.98. The van der Waals surface area contributed by atoms with Gasteiger partial charge < -0.3 is 5.73 Å². The molecule has 102 valence electrons. The topological polar surface area (TPSA) is 51.8 Å². The van der Waals surface area contributed by atoms with Gasteiger partial charge in [0.25, 0.3) is 0 Å². The van der Waals surface area contributed by atoms with E-state index in [1.165, 1.54) is 16.7 Å². The van der Waals surface area contributed by atoms with E-state index in [4.69, 9.17) is 5.73 Å². The highest BCUT2D eigenvalue weighted by Gasteiger charge is 2.11. The van der Waals surface area contributed by atoms with Gasteiger partial charge in [-0.1, -0.05) is 58.6 Å². The van der Waals surface area contributed by atoms with Gasteiger partial charge in [0.1, 0.15) is 0 Å². The molecule has 0 aliphatic rings. The van der Waals surface area contributed by atoms with Gasteiger partial charge in [0, 0.05) is 11.8 Å². The largest absolute Gasteiger partial charge is 0.323 e. The number of aromatic nitrogens is 2. The van der Waals surface area contributed by atoms with Crippen molar-refractivity contribution in [3.63, 3.8) is 0 Å². The van der Waals surface area contributed by atoms with Gasteiger partial charge in [0.15, 0.2) is 8.68 Å². The molecule has 0 aliphatic heterocycles. The number of benzene rings is 1. The van der Waals surface area contributed by atoms with Crippen molar-refractivity contribution in [2.24, 2.45) is 5.73 Å². The van der Waals surface area contributed by atoms with Crippen LogP contribution in [0.3, 0.4) is 0 Å². The third-order valence-electron chi connectivity index (χ3n) is 2.77. The lowest BCUT2D eigenvalue weighted by Gasteiger charge is -2.14. The molecule has 0 fully saturated rings. The number of hydrogen-bond acceptors (Lipinski definition) is 6. The molecule has 0 aliphatic carbocycles. The highest BCUT2D eigenvalue weighted by molar-refractivity contribution is 8.02. The number of nitrogens with zero attached hydrogens (tertiary/aromatic N) is 2. The summed E-state index contributed by atoms with van der Waals surface area (Å²) in [5.41, 5.74) is 10.0. The highest BCUT2D eigenvalue weighted by Crippen LogP contribution is 2.30. The molecule has 6 heteroatoms. The fraction of sp³-hybridized carbons (Fsp3) is 0.385. The number of rotatable bonds is 5. The maximum Gasteiger partial charge on any atom is 0.175 e. The average Bonchev–Trinajstić information content (AvgIpc) is 2.84. The van der Waals surface area contributed by atoms with Crippen LogP contribution in [0.5, 0.6) is 0 Å². The number of thioether (sulfide) groups is 2. The maximum atomic E-state index is 6.26. The Hall–Kier alpha value is -0.560. The Morgan fingerprint density at radius 1 is 1.26 bits per heavy atom. The summed E-state index contributed by atoms with van der Waals surface area (Å²) < 4.78 is 1.99. The zero-order valence-corrected chi connectivity index (χ0v) is 13.7.